The lowest BCUT2D eigenvalue weighted by molar-refractivity contribution is 0.457. The molecule has 0 heterocycles. The van der Waals surface area contributed by atoms with Crippen molar-refractivity contribution >= 4 is 0 Å². The molecule has 0 fully saturated rings. The molecule has 0 amide bonds. The molecular weight excluding hydrogens is 96.1 g/mol. The molecule has 0 bridgehead atoms. The van der Waals surface area contributed by atoms with Crippen LogP contribution in [0.15, 0.2) is 0 Å². The van der Waals surface area contributed by atoms with Gasteiger partial charge >= 0.3 is 0 Å². The first kappa shape index (κ1) is 15.7. The van der Waals surface area contributed by atoms with Crippen molar-refractivity contribution in [1.82, 2.24) is 0 Å². The third-order valence-electron chi connectivity index (χ3n) is 1.33. The summed E-state index contributed by atoms with van der Waals surface area (Å²) in [6.07, 6.45) is 0. The fourth-order valence-electron chi connectivity index (χ4n) is 0. The van der Waals surface area contributed by atoms with Crippen LogP contribution in [-0.2, 0) is 0 Å². The fraction of sp³-hybridized carbons (Fsp3) is 1.00. The zero-order valence-corrected chi connectivity index (χ0v) is 5.15. The summed E-state index contributed by atoms with van der Waals surface area (Å²) in [6.45, 7) is 8.96. The molecule has 0 rings (SSSR count). The Hall–Kier alpha value is 0. The molecule has 0 N–H and O–H groups in total. The monoisotopic (exact) mass is 121 g/mol. The first-order valence-corrected chi connectivity index (χ1v) is 2.64. The van der Waals surface area contributed by atoms with Gasteiger partial charge in [0.2, 0.25) is 0 Å². The van der Waals surface area contributed by atoms with E-state index in [2.05, 4.69) is 27.7 Å². The van der Waals surface area contributed by atoms with E-state index < -0.39 is 0 Å². The Morgan fingerprint density at radius 3 is 0.875 bits per heavy atom. The molecule has 0 aliphatic rings. The molecule has 0 unspecified atom stereocenters. The molecule has 0 aliphatic heterocycles. The predicted octanol–water partition coefficient (Wildman–Crippen LogP) is 3.82. The van der Waals surface area contributed by atoms with Crippen LogP contribution < -0.4 is 0 Å². The van der Waals surface area contributed by atoms with E-state index in [1.54, 1.807) is 0 Å². The van der Waals surface area contributed by atoms with Crippen molar-refractivity contribution in [1.29, 1.82) is 0 Å². The molecule has 0 atom stereocenters. The summed E-state index contributed by atoms with van der Waals surface area (Å²) in [5, 5.41) is 0. The van der Waals surface area contributed by atoms with Crippen LogP contribution >= 0.6 is 0 Å². The minimum atomic E-state index is 0. The van der Waals surface area contributed by atoms with Gasteiger partial charge in [0.1, 0.15) is 0 Å². The first-order valence-electron chi connectivity index (χ1n) is 2.64. The Morgan fingerprint density at radius 1 is 0.750 bits per heavy atom. The van der Waals surface area contributed by atoms with Crippen LogP contribution in [0, 0.1) is 11.8 Å². The van der Waals surface area contributed by atoms with Gasteiger partial charge in [-0.25, -0.2) is 0 Å². The van der Waals surface area contributed by atoms with Crippen molar-refractivity contribution in [3.05, 3.63) is 0 Å². The van der Waals surface area contributed by atoms with Gasteiger partial charge in [0.05, 0.1) is 0 Å². The molecule has 0 saturated carbocycles. The molecular formula is C8H24. The molecule has 0 aliphatic carbocycles. The van der Waals surface area contributed by atoms with Gasteiger partial charge in [-0.05, 0) is 11.8 Å². The average Bonchev–Trinajstić information content (AvgIpc) is 1.36. The maximum absolute atomic E-state index is 2.24. The standard InChI is InChI=1S/C6H14.2CH4.H2/c1-5(2)6(3)4;;;/h5-6H,1-4H3;2*1H4;1H/i;;;1+1. The summed E-state index contributed by atoms with van der Waals surface area (Å²) in [7, 11) is 0. The van der Waals surface area contributed by atoms with Crippen LogP contribution in [0.4, 0.5) is 0 Å². The maximum atomic E-state index is 2.24. The van der Waals surface area contributed by atoms with Crippen LogP contribution in [0.1, 0.15) is 44.0 Å². The summed E-state index contributed by atoms with van der Waals surface area (Å²) in [4.78, 5) is 0. The van der Waals surface area contributed by atoms with Crippen LogP contribution in [0.25, 0.3) is 0 Å². The third kappa shape index (κ3) is 9.38. The van der Waals surface area contributed by atoms with E-state index in [9.17, 15) is 0 Å². The Balaban J connectivity index is -0.0000000417. The zero-order valence-electron chi connectivity index (χ0n) is 5.15. The van der Waals surface area contributed by atoms with Crippen LogP contribution in [0.5, 0.6) is 0 Å². The SMILES string of the molecule is C.C.CC(C)C(C)C.[2HH]. The first-order chi connectivity index (χ1) is 2.64. The third-order valence-corrected chi connectivity index (χ3v) is 1.33. The Labute approximate surface area is 56.8 Å². The van der Waals surface area contributed by atoms with Crippen LogP contribution in [0.3, 0.4) is 0 Å². The molecule has 0 aromatic rings. The van der Waals surface area contributed by atoms with Crippen LogP contribution in [0.2, 0.25) is 0 Å². The van der Waals surface area contributed by atoms with E-state index >= 15 is 0 Å². The molecule has 0 heteroatoms. The molecule has 56 valence electrons. The highest BCUT2D eigenvalue weighted by molar-refractivity contribution is 4.46. The van der Waals surface area contributed by atoms with Crippen molar-refractivity contribution in [3.63, 3.8) is 0 Å². The van der Waals surface area contributed by atoms with E-state index in [1.165, 1.54) is 0 Å². The second kappa shape index (κ2) is 7.00. The molecule has 0 nitrogen and oxygen atoms in total. The zero-order chi connectivity index (χ0) is 5.15. The van der Waals surface area contributed by atoms with E-state index in [-0.39, 0.29) is 16.3 Å². The summed E-state index contributed by atoms with van der Waals surface area (Å²) < 4.78 is 0. The molecule has 8 heavy (non-hydrogen) atoms. The highest BCUT2D eigenvalue weighted by Gasteiger charge is 1.95. The summed E-state index contributed by atoms with van der Waals surface area (Å²) >= 11 is 0. The van der Waals surface area contributed by atoms with Gasteiger partial charge in [0.25, 0.3) is 0 Å². The minimum absolute atomic E-state index is 0. The van der Waals surface area contributed by atoms with Gasteiger partial charge in [-0.2, -0.15) is 0 Å². The van der Waals surface area contributed by atoms with Gasteiger partial charge in [0.15, 0.2) is 0 Å². The lowest BCUT2D eigenvalue weighted by Crippen LogP contribution is -1.95. The summed E-state index contributed by atoms with van der Waals surface area (Å²) in [5.41, 5.74) is 0. The van der Waals surface area contributed by atoms with Crippen molar-refractivity contribution in [3.8, 4) is 0 Å². The largest absolute Gasteiger partial charge is 0.0776 e. The van der Waals surface area contributed by atoms with Crippen molar-refractivity contribution in [2.45, 2.75) is 42.5 Å². The van der Waals surface area contributed by atoms with E-state index in [0.717, 1.165) is 11.8 Å². The Bertz CT molecular complexity index is 25.5. The second-order valence-electron chi connectivity index (χ2n) is 2.49. The number of hydrogen-bond acceptors (Lipinski definition) is 0. The molecule has 0 radical (unpaired) electrons. The van der Waals surface area contributed by atoms with Gasteiger partial charge in [-0.1, -0.05) is 42.5 Å². The van der Waals surface area contributed by atoms with E-state index in [1.807, 2.05) is 0 Å². The number of hydrogen-bond donors (Lipinski definition) is 0. The summed E-state index contributed by atoms with van der Waals surface area (Å²) in [5.74, 6) is 1.70. The number of rotatable bonds is 1. The fourth-order valence-corrected chi connectivity index (χ4v) is 0. The maximum Gasteiger partial charge on any atom is 0 e. The van der Waals surface area contributed by atoms with Crippen molar-refractivity contribution in [2.24, 2.45) is 11.8 Å². The van der Waals surface area contributed by atoms with Crippen molar-refractivity contribution < 1.29 is 1.43 Å². The van der Waals surface area contributed by atoms with Crippen LogP contribution in [-0.4, -0.2) is 0 Å². The average molecular weight is 121 g/mol. The van der Waals surface area contributed by atoms with Gasteiger partial charge in [0, 0.05) is 1.43 Å². The molecule has 0 aromatic heterocycles. The quantitative estimate of drug-likeness (QED) is 0.495. The molecule has 0 saturated heterocycles. The topological polar surface area (TPSA) is 0 Å². The van der Waals surface area contributed by atoms with Crippen molar-refractivity contribution in [2.75, 3.05) is 0 Å². The van der Waals surface area contributed by atoms with E-state index in [4.69, 9.17) is 0 Å². The summed E-state index contributed by atoms with van der Waals surface area (Å²) in [6, 6.07) is 0. The second-order valence-corrected chi connectivity index (χ2v) is 2.49. The van der Waals surface area contributed by atoms with Gasteiger partial charge in [-0.3, -0.25) is 0 Å². The highest BCUT2D eigenvalue weighted by atomic mass is 14.0. The smallest absolute Gasteiger partial charge is 0 e. The normalized spacial score (nSPS) is 8.25. The van der Waals surface area contributed by atoms with E-state index in [0.29, 0.717) is 0 Å². The Morgan fingerprint density at radius 2 is 0.875 bits per heavy atom. The minimum Gasteiger partial charge on any atom is -0.0776 e. The molecule has 0 spiro atoms. The van der Waals surface area contributed by atoms with Gasteiger partial charge < -0.3 is 0 Å². The highest BCUT2D eigenvalue weighted by Crippen LogP contribution is 2.05. The predicted molar refractivity (Wildman–Crippen MR) is 45.3 cm³/mol. The Kier molecular flexibility index (Phi) is 13.7. The lowest BCUT2D eigenvalue weighted by Gasteiger charge is -2.05. The van der Waals surface area contributed by atoms with Gasteiger partial charge in [-0.15, -0.1) is 0 Å². The lowest BCUT2D eigenvalue weighted by atomic mass is 10.0. The molecule has 0 aromatic carbocycles.